The molecule has 0 radical (unpaired) electrons. The van der Waals surface area contributed by atoms with Crippen molar-refractivity contribution in [1.82, 2.24) is 0 Å². The van der Waals surface area contributed by atoms with E-state index in [9.17, 15) is 0 Å². The number of para-hydroxylation sites is 1. The van der Waals surface area contributed by atoms with Gasteiger partial charge in [0.15, 0.2) is 0 Å². The van der Waals surface area contributed by atoms with Gasteiger partial charge in [0.25, 0.3) is 0 Å². The minimum Gasteiger partial charge on any atom is -0.456 e. The van der Waals surface area contributed by atoms with Gasteiger partial charge in [-0.25, -0.2) is 0 Å². The molecule has 1 nitrogen and oxygen atoms in total. The van der Waals surface area contributed by atoms with Gasteiger partial charge in [0, 0.05) is 10.8 Å². The highest BCUT2D eigenvalue weighted by Gasteiger charge is 2.46. The lowest BCUT2D eigenvalue weighted by molar-refractivity contribution is 0.668. The predicted octanol–water partition coefficient (Wildman–Crippen LogP) is 7.95. The highest BCUT2D eigenvalue weighted by atomic mass is 16.3. The van der Waals surface area contributed by atoms with Crippen molar-refractivity contribution in [2.24, 2.45) is 0 Å². The Morgan fingerprint density at radius 1 is 0.438 bits per heavy atom. The van der Waals surface area contributed by atoms with E-state index in [1.54, 1.807) is 0 Å². The van der Waals surface area contributed by atoms with Crippen LogP contribution in [-0.4, -0.2) is 0 Å². The Hall–Kier alpha value is -4.10. The van der Waals surface area contributed by atoms with Crippen molar-refractivity contribution < 1.29 is 4.42 Å². The third-order valence-corrected chi connectivity index (χ3v) is 6.96. The van der Waals surface area contributed by atoms with Crippen LogP contribution in [-0.2, 0) is 5.41 Å². The molecule has 6 aromatic rings. The zero-order chi connectivity index (χ0) is 21.1. The van der Waals surface area contributed by atoms with Crippen LogP contribution in [0.3, 0.4) is 0 Å². The summed E-state index contributed by atoms with van der Waals surface area (Å²) in [7, 11) is 0. The van der Waals surface area contributed by atoms with Gasteiger partial charge in [-0.15, -0.1) is 0 Å². The van der Waals surface area contributed by atoms with E-state index < -0.39 is 0 Å². The number of hydrogen-bond donors (Lipinski definition) is 0. The number of furan rings is 1. The van der Waals surface area contributed by atoms with Crippen LogP contribution in [0.2, 0.25) is 0 Å². The predicted molar refractivity (Wildman–Crippen MR) is 131 cm³/mol. The van der Waals surface area contributed by atoms with Crippen molar-refractivity contribution in [2.75, 3.05) is 0 Å². The van der Waals surface area contributed by atoms with E-state index in [4.69, 9.17) is 4.42 Å². The summed E-state index contributed by atoms with van der Waals surface area (Å²) in [6, 6.07) is 43.6. The summed E-state index contributed by atoms with van der Waals surface area (Å²) in [6.07, 6.45) is 0. The van der Waals surface area contributed by atoms with Gasteiger partial charge in [0.1, 0.15) is 11.2 Å². The molecule has 5 aromatic carbocycles. The van der Waals surface area contributed by atoms with Crippen molar-refractivity contribution in [3.05, 3.63) is 144 Å². The molecule has 0 spiro atoms. The molecule has 0 fully saturated rings. The minimum atomic E-state index is -0.374. The van der Waals surface area contributed by atoms with Crippen LogP contribution >= 0.6 is 0 Å². The summed E-state index contributed by atoms with van der Waals surface area (Å²) in [5.74, 6) is 0. The summed E-state index contributed by atoms with van der Waals surface area (Å²) in [5, 5.41) is 2.33. The van der Waals surface area contributed by atoms with Gasteiger partial charge in [-0.2, -0.15) is 0 Å². The quantitative estimate of drug-likeness (QED) is 0.283. The molecule has 0 saturated heterocycles. The maximum absolute atomic E-state index is 6.27. The number of benzene rings is 5. The molecule has 32 heavy (non-hydrogen) atoms. The summed E-state index contributed by atoms with van der Waals surface area (Å²) >= 11 is 0. The van der Waals surface area contributed by atoms with Crippen LogP contribution in [0.1, 0.15) is 22.3 Å². The van der Waals surface area contributed by atoms with Gasteiger partial charge in [0.05, 0.1) is 5.41 Å². The van der Waals surface area contributed by atoms with Crippen molar-refractivity contribution in [1.29, 1.82) is 0 Å². The van der Waals surface area contributed by atoms with Crippen molar-refractivity contribution in [3.8, 4) is 11.1 Å². The zero-order valence-corrected chi connectivity index (χ0v) is 17.5. The fourth-order valence-electron chi connectivity index (χ4n) is 5.66. The van der Waals surface area contributed by atoms with Crippen LogP contribution in [0.4, 0.5) is 0 Å². The van der Waals surface area contributed by atoms with Gasteiger partial charge >= 0.3 is 0 Å². The first kappa shape index (κ1) is 17.6. The van der Waals surface area contributed by atoms with E-state index in [1.165, 1.54) is 38.8 Å². The van der Waals surface area contributed by atoms with E-state index in [-0.39, 0.29) is 5.41 Å². The lowest BCUT2D eigenvalue weighted by atomic mass is 9.67. The van der Waals surface area contributed by atoms with E-state index in [2.05, 4.69) is 115 Å². The number of rotatable bonds is 2. The van der Waals surface area contributed by atoms with E-state index in [0.717, 1.165) is 16.6 Å². The lowest BCUT2D eigenvalue weighted by Gasteiger charge is -2.33. The second-order valence-corrected chi connectivity index (χ2v) is 8.52. The second kappa shape index (κ2) is 6.45. The molecule has 0 N–H and O–H groups in total. The average Bonchev–Trinajstić information content (AvgIpc) is 3.37. The number of fused-ring (bicyclic) bond motifs is 6. The Labute approximate surface area is 186 Å². The van der Waals surface area contributed by atoms with Crippen molar-refractivity contribution in [3.63, 3.8) is 0 Å². The fourth-order valence-corrected chi connectivity index (χ4v) is 5.66. The first-order valence-electron chi connectivity index (χ1n) is 11.0. The van der Waals surface area contributed by atoms with Gasteiger partial charge in [0.2, 0.25) is 0 Å². The van der Waals surface area contributed by atoms with Crippen LogP contribution in [0.5, 0.6) is 0 Å². The SMILES string of the molecule is c1ccc(C2(c3ccccc3)c3ccccc3-c3cc4oc5ccccc5c4cc32)cc1. The lowest BCUT2D eigenvalue weighted by Crippen LogP contribution is -2.28. The highest BCUT2D eigenvalue weighted by Crippen LogP contribution is 2.57. The first-order valence-corrected chi connectivity index (χ1v) is 11.0. The Balaban J connectivity index is 1.70. The van der Waals surface area contributed by atoms with Crippen molar-refractivity contribution in [2.45, 2.75) is 5.41 Å². The summed E-state index contributed by atoms with van der Waals surface area (Å²) in [5.41, 5.74) is 9.23. The highest BCUT2D eigenvalue weighted by molar-refractivity contribution is 6.08. The smallest absolute Gasteiger partial charge is 0.136 e. The molecule has 0 saturated carbocycles. The molecule has 1 aliphatic carbocycles. The van der Waals surface area contributed by atoms with Gasteiger partial charge in [-0.3, -0.25) is 0 Å². The third kappa shape index (κ3) is 2.18. The minimum absolute atomic E-state index is 0.374. The molecule has 0 bridgehead atoms. The van der Waals surface area contributed by atoms with Crippen LogP contribution in [0, 0.1) is 0 Å². The Morgan fingerprint density at radius 3 is 1.81 bits per heavy atom. The van der Waals surface area contributed by atoms with Crippen LogP contribution in [0.15, 0.2) is 126 Å². The maximum atomic E-state index is 6.27. The molecule has 1 heterocycles. The largest absolute Gasteiger partial charge is 0.456 e. The molecule has 1 aromatic heterocycles. The fraction of sp³-hybridized carbons (Fsp3) is 0.0323. The molecule has 0 amide bonds. The monoisotopic (exact) mass is 408 g/mol. The van der Waals surface area contributed by atoms with Crippen molar-refractivity contribution >= 4 is 21.9 Å². The summed E-state index contributed by atoms with van der Waals surface area (Å²) < 4.78 is 6.27. The Morgan fingerprint density at radius 2 is 1.06 bits per heavy atom. The third-order valence-electron chi connectivity index (χ3n) is 6.96. The molecular weight excluding hydrogens is 388 g/mol. The summed E-state index contributed by atoms with van der Waals surface area (Å²) in [4.78, 5) is 0. The van der Waals surface area contributed by atoms with Crippen LogP contribution < -0.4 is 0 Å². The van der Waals surface area contributed by atoms with Crippen LogP contribution in [0.25, 0.3) is 33.1 Å². The average molecular weight is 409 g/mol. The molecule has 1 heteroatoms. The Bertz CT molecular complexity index is 1570. The zero-order valence-electron chi connectivity index (χ0n) is 17.5. The number of hydrogen-bond acceptors (Lipinski definition) is 1. The maximum Gasteiger partial charge on any atom is 0.136 e. The van der Waals surface area contributed by atoms with E-state index in [0.29, 0.717) is 0 Å². The molecule has 7 rings (SSSR count). The van der Waals surface area contributed by atoms with Gasteiger partial charge in [-0.1, -0.05) is 103 Å². The van der Waals surface area contributed by atoms with Gasteiger partial charge < -0.3 is 4.42 Å². The molecular formula is C31H20O. The molecule has 150 valence electrons. The molecule has 0 unspecified atom stereocenters. The molecule has 0 atom stereocenters. The Kier molecular flexibility index (Phi) is 3.54. The molecule has 1 aliphatic rings. The summed E-state index contributed by atoms with van der Waals surface area (Å²) in [6.45, 7) is 0. The van der Waals surface area contributed by atoms with Gasteiger partial charge in [-0.05, 0) is 51.6 Å². The molecule has 0 aliphatic heterocycles. The van der Waals surface area contributed by atoms with E-state index in [1.807, 2.05) is 6.07 Å². The van der Waals surface area contributed by atoms with E-state index >= 15 is 0 Å². The topological polar surface area (TPSA) is 13.1 Å². The second-order valence-electron chi connectivity index (χ2n) is 8.52. The normalized spacial score (nSPS) is 13.9. The first-order chi connectivity index (χ1) is 15.9. The standard InChI is InChI=1S/C31H20O/c1-3-11-21(12-4-1)31(22-13-5-2-6-14-22)27-17-9-7-15-23(27)25-20-30-26(19-28(25)31)24-16-8-10-18-29(24)32-30/h1-20H.